The fraction of sp³-hybridized carbons (Fsp3) is 0.0769. The lowest BCUT2D eigenvalue weighted by Gasteiger charge is -2.12. The maximum absolute atomic E-state index is 13.2. The van der Waals surface area contributed by atoms with Crippen LogP contribution in [0.4, 0.5) is 4.39 Å². The Morgan fingerprint density at radius 1 is 0.944 bits per heavy atom. The number of hydrogen-bond acceptors (Lipinski definition) is 0. The molecular formula is C13H7BrCl3F. The van der Waals surface area contributed by atoms with E-state index in [0.717, 1.165) is 11.1 Å². The van der Waals surface area contributed by atoms with Gasteiger partial charge in [0.1, 0.15) is 5.82 Å². The molecule has 0 bridgehead atoms. The maximum atomic E-state index is 13.2. The van der Waals surface area contributed by atoms with Gasteiger partial charge in [0.2, 0.25) is 0 Å². The second kappa shape index (κ2) is 5.79. The fourth-order valence-electron chi connectivity index (χ4n) is 1.58. The lowest BCUT2D eigenvalue weighted by Crippen LogP contribution is -1.94. The summed E-state index contributed by atoms with van der Waals surface area (Å²) in [7, 11) is 0. The fourth-order valence-corrected chi connectivity index (χ4v) is 2.79. The first-order chi connectivity index (χ1) is 8.47. The topological polar surface area (TPSA) is 0 Å². The van der Waals surface area contributed by atoms with Gasteiger partial charge < -0.3 is 0 Å². The zero-order valence-electron chi connectivity index (χ0n) is 8.93. The summed E-state index contributed by atoms with van der Waals surface area (Å²) in [6.07, 6.45) is 0. The third kappa shape index (κ3) is 3.18. The number of alkyl halides is 1. The molecule has 5 heteroatoms. The van der Waals surface area contributed by atoms with Crippen molar-refractivity contribution in [3.8, 4) is 0 Å². The number of rotatable bonds is 2. The summed E-state index contributed by atoms with van der Waals surface area (Å²) in [5.74, 6) is -0.327. The zero-order valence-corrected chi connectivity index (χ0v) is 12.8. The number of hydrogen-bond donors (Lipinski definition) is 0. The highest BCUT2D eigenvalue weighted by molar-refractivity contribution is 9.10. The van der Waals surface area contributed by atoms with Crippen LogP contribution in [0.15, 0.2) is 40.9 Å². The number of halogens is 5. The molecule has 94 valence electrons. The Bertz CT molecular complexity index is 566. The second-order valence-corrected chi connectivity index (χ2v) is 5.90. The van der Waals surface area contributed by atoms with E-state index in [4.69, 9.17) is 34.8 Å². The minimum Gasteiger partial charge on any atom is -0.206 e. The summed E-state index contributed by atoms with van der Waals surface area (Å²) in [5.41, 5.74) is 1.54. The maximum Gasteiger partial charge on any atom is 0.137 e. The molecule has 0 aliphatic heterocycles. The Balaban J connectivity index is 2.40. The lowest BCUT2D eigenvalue weighted by molar-refractivity contribution is 0.620. The molecule has 0 aromatic heterocycles. The third-order valence-electron chi connectivity index (χ3n) is 2.41. The van der Waals surface area contributed by atoms with Gasteiger partial charge in [0.05, 0.1) is 9.85 Å². The number of benzene rings is 2. The van der Waals surface area contributed by atoms with Crippen molar-refractivity contribution < 1.29 is 4.39 Å². The highest BCUT2D eigenvalue weighted by atomic mass is 79.9. The van der Waals surface area contributed by atoms with E-state index in [1.54, 1.807) is 30.3 Å². The highest BCUT2D eigenvalue weighted by Crippen LogP contribution is 2.34. The Kier molecular flexibility index (Phi) is 4.54. The van der Waals surface area contributed by atoms with Crippen molar-refractivity contribution >= 4 is 50.7 Å². The van der Waals surface area contributed by atoms with Crippen LogP contribution in [0.5, 0.6) is 0 Å². The van der Waals surface area contributed by atoms with Gasteiger partial charge >= 0.3 is 0 Å². The van der Waals surface area contributed by atoms with Gasteiger partial charge in [-0.1, -0.05) is 29.3 Å². The summed E-state index contributed by atoms with van der Waals surface area (Å²) in [6, 6.07) is 9.75. The van der Waals surface area contributed by atoms with Crippen molar-refractivity contribution in [3.05, 3.63) is 67.9 Å². The second-order valence-electron chi connectivity index (χ2n) is 3.74. The Morgan fingerprint density at radius 3 is 2.11 bits per heavy atom. The van der Waals surface area contributed by atoms with Crippen LogP contribution in [0, 0.1) is 5.82 Å². The molecular weight excluding hydrogens is 361 g/mol. The van der Waals surface area contributed by atoms with Crippen LogP contribution in [0.25, 0.3) is 0 Å². The van der Waals surface area contributed by atoms with E-state index in [1.165, 1.54) is 6.07 Å². The van der Waals surface area contributed by atoms with Crippen LogP contribution in [0.2, 0.25) is 10.0 Å². The molecule has 0 aliphatic carbocycles. The molecule has 1 atom stereocenters. The van der Waals surface area contributed by atoms with E-state index in [-0.39, 0.29) is 5.82 Å². The van der Waals surface area contributed by atoms with Crippen LogP contribution in [0.1, 0.15) is 16.5 Å². The third-order valence-corrected chi connectivity index (χ3v) is 3.96. The van der Waals surface area contributed by atoms with Gasteiger partial charge in [-0.05, 0) is 57.4 Å². The normalized spacial score (nSPS) is 12.5. The Morgan fingerprint density at radius 2 is 1.56 bits per heavy atom. The van der Waals surface area contributed by atoms with E-state index in [1.807, 2.05) is 0 Å². The highest BCUT2D eigenvalue weighted by Gasteiger charge is 2.13. The van der Waals surface area contributed by atoms with Gasteiger partial charge in [0.25, 0.3) is 0 Å². The van der Waals surface area contributed by atoms with Crippen LogP contribution in [-0.4, -0.2) is 0 Å². The van der Waals surface area contributed by atoms with Crippen molar-refractivity contribution in [1.29, 1.82) is 0 Å². The van der Waals surface area contributed by atoms with Crippen molar-refractivity contribution in [3.63, 3.8) is 0 Å². The van der Waals surface area contributed by atoms with Crippen LogP contribution < -0.4 is 0 Å². The molecule has 0 saturated heterocycles. The monoisotopic (exact) mass is 366 g/mol. The van der Waals surface area contributed by atoms with E-state index < -0.39 is 5.38 Å². The largest absolute Gasteiger partial charge is 0.206 e. The SMILES string of the molecule is Fc1ccc(C(Cl)c2cc(Cl)cc(Cl)c2)cc1Br. The quantitative estimate of drug-likeness (QED) is 0.552. The molecule has 0 heterocycles. The van der Waals surface area contributed by atoms with E-state index in [0.29, 0.717) is 14.5 Å². The van der Waals surface area contributed by atoms with Crippen molar-refractivity contribution in [2.75, 3.05) is 0 Å². The molecule has 18 heavy (non-hydrogen) atoms. The summed E-state index contributed by atoms with van der Waals surface area (Å²) in [5, 5.41) is 0.603. The summed E-state index contributed by atoms with van der Waals surface area (Å²) in [4.78, 5) is 0. The summed E-state index contributed by atoms with van der Waals surface area (Å²) < 4.78 is 13.5. The van der Waals surface area contributed by atoms with Gasteiger partial charge in [-0.25, -0.2) is 4.39 Å². The van der Waals surface area contributed by atoms with Gasteiger partial charge in [-0.3, -0.25) is 0 Å². The lowest BCUT2D eigenvalue weighted by atomic mass is 10.0. The first-order valence-electron chi connectivity index (χ1n) is 5.02. The molecule has 0 aliphatic rings. The predicted octanol–water partition coefficient (Wildman–Crippen LogP) is 6.22. The molecule has 0 N–H and O–H groups in total. The molecule has 0 nitrogen and oxygen atoms in total. The Hall–Kier alpha value is -0.280. The zero-order chi connectivity index (χ0) is 13.3. The van der Waals surface area contributed by atoms with E-state index in [9.17, 15) is 4.39 Å². The summed E-state index contributed by atoms with van der Waals surface area (Å²) >= 11 is 21.3. The minimum atomic E-state index is -0.432. The van der Waals surface area contributed by atoms with Gasteiger partial charge in [0.15, 0.2) is 0 Å². The van der Waals surface area contributed by atoms with Gasteiger partial charge in [-0.2, -0.15) is 0 Å². The molecule has 2 aromatic carbocycles. The van der Waals surface area contributed by atoms with Crippen molar-refractivity contribution in [2.45, 2.75) is 5.38 Å². The van der Waals surface area contributed by atoms with Gasteiger partial charge in [-0.15, -0.1) is 11.6 Å². The van der Waals surface area contributed by atoms with E-state index in [2.05, 4.69) is 15.9 Å². The average molecular weight is 368 g/mol. The smallest absolute Gasteiger partial charge is 0.137 e. The van der Waals surface area contributed by atoms with Crippen LogP contribution in [-0.2, 0) is 0 Å². The van der Waals surface area contributed by atoms with Crippen LogP contribution >= 0.6 is 50.7 Å². The average Bonchev–Trinajstić information content (AvgIpc) is 2.30. The molecule has 0 fully saturated rings. The molecule has 0 radical (unpaired) electrons. The molecule has 0 saturated carbocycles. The predicted molar refractivity (Wildman–Crippen MR) is 78.3 cm³/mol. The molecule has 2 rings (SSSR count). The molecule has 0 spiro atoms. The van der Waals surface area contributed by atoms with Crippen LogP contribution in [0.3, 0.4) is 0 Å². The standard InChI is InChI=1S/C13H7BrCl3F/c14-11-5-7(1-2-12(11)18)13(17)8-3-9(15)6-10(16)4-8/h1-6,13H. The summed E-state index contributed by atoms with van der Waals surface area (Å²) in [6.45, 7) is 0. The van der Waals surface area contributed by atoms with Crippen molar-refractivity contribution in [2.24, 2.45) is 0 Å². The van der Waals surface area contributed by atoms with E-state index >= 15 is 0 Å². The van der Waals surface area contributed by atoms with Crippen molar-refractivity contribution in [1.82, 2.24) is 0 Å². The molecule has 2 aromatic rings. The minimum absolute atomic E-state index is 0.327. The molecule has 0 amide bonds. The van der Waals surface area contributed by atoms with Gasteiger partial charge in [0, 0.05) is 10.0 Å². The first-order valence-corrected chi connectivity index (χ1v) is 7.01. The Labute approximate surface area is 128 Å². The molecule has 1 unspecified atom stereocenters. The first kappa shape index (κ1) is 14.1.